The van der Waals surface area contributed by atoms with E-state index < -0.39 is 53.4 Å². The van der Waals surface area contributed by atoms with Crippen LogP contribution in [-0.2, 0) is 35.1 Å². The van der Waals surface area contributed by atoms with E-state index in [4.69, 9.17) is 18.9 Å². The van der Waals surface area contributed by atoms with E-state index in [9.17, 15) is 24.0 Å². The molecule has 0 aliphatic heterocycles. The van der Waals surface area contributed by atoms with Crippen LogP contribution >= 0.6 is 0 Å². The van der Waals surface area contributed by atoms with Crippen LogP contribution in [0.2, 0.25) is 0 Å². The van der Waals surface area contributed by atoms with Crippen LogP contribution in [0.4, 0.5) is 14.4 Å². The van der Waals surface area contributed by atoms with E-state index in [0.717, 1.165) is 27.8 Å². The number of aliphatic imine (C=N–C) groups is 1. The van der Waals surface area contributed by atoms with E-state index in [1.165, 1.54) is 11.9 Å². The minimum atomic E-state index is -1.15. The highest BCUT2D eigenvalue weighted by molar-refractivity contribution is 6.01. The average molecular weight is 814 g/mol. The Balaban J connectivity index is 1.53. The molecule has 3 aromatic rings. The summed E-state index contributed by atoms with van der Waals surface area (Å²) < 4.78 is 22.2. The number of alkyl carbamates (subject to hydrolysis) is 3. The number of guanidine groups is 1. The monoisotopic (exact) mass is 813 g/mol. The van der Waals surface area contributed by atoms with E-state index >= 15 is 0 Å². The quantitative estimate of drug-likeness (QED) is 0.0485. The first-order valence-corrected chi connectivity index (χ1v) is 19.9. The molecule has 4 rings (SSSR count). The lowest BCUT2D eigenvalue weighted by Crippen LogP contribution is -2.53. The van der Waals surface area contributed by atoms with Gasteiger partial charge in [-0.05, 0) is 94.5 Å². The standard InChI is InChI=1S/C45H59N5O9/c1-29(2)26-37(39(52)56-27-30-18-11-10-12-19-30)50(9)38(51)36(24-17-25-46-40(48-42(54)58-44(3,4)5)49-43(55)59-45(6,7)8)47-41(53)57-28-35-33-22-15-13-20-31(33)32-21-14-16-23-34(32)35/h10-16,18-23,29,35-37H,17,24-28H2,1-9H3,(H,47,53)(H2,46,48,49,54,55). The highest BCUT2D eigenvalue weighted by atomic mass is 16.6. The fourth-order valence-electron chi connectivity index (χ4n) is 6.52. The Morgan fingerprint density at radius 2 is 1.25 bits per heavy atom. The SMILES string of the molecule is CC(C)CC(C(=O)OCc1ccccc1)N(C)C(=O)C(CCCN=C(NC(=O)OC(C)(C)C)NC(=O)OC(C)(C)C)NC(=O)OCC1c2ccccc2-c2ccccc21. The highest BCUT2D eigenvalue weighted by Gasteiger charge is 2.35. The minimum Gasteiger partial charge on any atom is -0.459 e. The van der Waals surface area contributed by atoms with Gasteiger partial charge in [0.05, 0.1) is 0 Å². The number of rotatable bonds is 14. The second kappa shape index (κ2) is 20.7. The number of likely N-dealkylation sites (N-methyl/N-ethyl adjacent to an activating group) is 1. The normalized spacial score (nSPS) is 13.2. The van der Waals surface area contributed by atoms with E-state index in [-0.39, 0.29) is 50.4 Å². The molecule has 3 aromatic carbocycles. The number of carbonyl (C=O) groups excluding carboxylic acids is 5. The lowest BCUT2D eigenvalue weighted by atomic mass is 9.98. The Morgan fingerprint density at radius 3 is 1.78 bits per heavy atom. The largest absolute Gasteiger partial charge is 0.459 e. The molecule has 318 valence electrons. The summed E-state index contributed by atoms with van der Waals surface area (Å²) in [4.78, 5) is 72.3. The van der Waals surface area contributed by atoms with Crippen molar-refractivity contribution in [3.05, 3.63) is 95.6 Å². The number of nitrogens with zero attached hydrogens (tertiary/aromatic N) is 2. The maximum absolute atomic E-state index is 14.3. The Labute approximate surface area is 347 Å². The summed E-state index contributed by atoms with van der Waals surface area (Å²) in [6.07, 6.45) is -1.96. The Hall–Kier alpha value is -5.92. The van der Waals surface area contributed by atoms with Gasteiger partial charge in [-0.3, -0.25) is 20.4 Å². The Kier molecular flexibility index (Phi) is 16.0. The molecule has 0 spiro atoms. The number of carbonyl (C=O) groups is 5. The molecule has 2 unspecified atom stereocenters. The van der Waals surface area contributed by atoms with Crippen LogP contribution in [0.3, 0.4) is 0 Å². The van der Waals surface area contributed by atoms with Gasteiger partial charge in [-0.15, -0.1) is 0 Å². The van der Waals surface area contributed by atoms with Gasteiger partial charge in [-0.2, -0.15) is 0 Å². The number of hydrogen-bond donors (Lipinski definition) is 3. The van der Waals surface area contributed by atoms with Crippen LogP contribution in [-0.4, -0.2) is 84.5 Å². The number of benzene rings is 3. The van der Waals surface area contributed by atoms with Crippen molar-refractivity contribution in [2.24, 2.45) is 10.9 Å². The fourth-order valence-corrected chi connectivity index (χ4v) is 6.52. The van der Waals surface area contributed by atoms with Crippen LogP contribution < -0.4 is 16.0 Å². The molecule has 2 atom stereocenters. The van der Waals surface area contributed by atoms with Crippen LogP contribution in [0.25, 0.3) is 11.1 Å². The molecule has 59 heavy (non-hydrogen) atoms. The number of amides is 4. The lowest BCUT2D eigenvalue weighted by Gasteiger charge is -2.31. The van der Waals surface area contributed by atoms with Gasteiger partial charge in [0, 0.05) is 19.5 Å². The zero-order valence-electron chi connectivity index (χ0n) is 35.6. The topological polar surface area (TPSA) is 174 Å². The molecule has 0 bridgehead atoms. The molecule has 0 aromatic heterocycles. The van der Waals surface area contributed by atoms with Crippen molar-refractivity contribution >= 4 is 36.1 Å². The Bertz CT molecular complexity index is 1870. The molecule has 0 saturated heterocycles. The van der Waals surface area contributed by atoms with Gasteiger partial charge in [0.1, 0.15) is 36.5 Å². The molecular weight excluding hydrogens is 755 g/mol. The van der Waals surface area contributed by atoms with Crippen molar-refractivity contribution in [1.82, 2.24) is 20.9 Å². The first-order chi connectivity index (χ1) is 27.8. The number of esters is 1. The smallest absolute Gasteiger partial charge is 0.414 e. The summed E-state index contributed by atoms with van der Waals surface area (Å²) in [5.41, 5.74) is 3.37. The van der Waals surface area contributed by atoms with Gasteiger partial charge in [0.25, 0.3) is 0 Å². The third-order valence-corrected chi connectivity index (χ3v) is 9.10. The summed E-state index contributed by atoms with van der Waals surface area (Å²) in [6, 6.07) is 23.1. The zero-order valence-corrected chi connectivity index (χ0v) is 35.6. The molecule has 0 fully saturated rings. The van der Waals surface area contributed by atoms with Crippen molar-refractivity contribution in [3.63, 3.8) is 0 Å². The minimum absolute atomic E-state index is 0.00463. The van der Waals surface area contributed by atoms with E-state index in [1.807, 2.05) is 92.7 Å². The first kappa shape index (κ1) is 45.8. The third-order valence-electron chi connectivity index (χ3n) is 9.10. The number of fused-ring (bicyclic) bond motifs is 3. The van der Waals surface area contributed by atoms with Gasteiger partial charge in [0.15, 0.2) is 0 Å². The second-order valence-electron chi connectivity index (χ2n) is 16.8. The molecule has 1 aliphatic rings. The van der Waals surface area contributed by atoms with Crippen molar-refractivity contribution in [2.45, 2.75) is 110 Å². The van der Waals surface area contributed by atoms with E-state index in [2.05, 4.69) is 20.9 Å². The molecule has 3 N–H and O–H groups in total. The van der Waals surface area contributed by atoms with E-state index in [1.54, 1.807) is 41.5 Å². The number of ether oxygens (including phenoxy) is 4. The third kappa shape index (κ3) is 14.4. The van der Waals surface area contributed by atoms with Crippen LogP contribution in [0, 0.1) is 5.92 Å². The van der Waals surface area contributed by atoms with Crippen LogP contribution in [0.5, 0.6) is 0 Å². The van der Waals surface area contributed by atoms with Gasteiger partial charge >= 0.3 is 24.2 Å². The second-order valence-corrected chi connectivity index (χ2v) is 16.8. The number of nitrogens with one attached hydrogen (secondary N) is 3. The van der Waals surface area contributed by atoms with Gasteiger partial charge in [0.2, 0.25) is 11.9 Å². The molecule has 0 radical (unpaired) electrons. The molecule has 14 nitrogen and oxygen atoms in total. The molecule has 0 heterocycles. The fraction of sp³-hybridized carbons (Fsp3) is 0.467. The summed E-state index contributed by atoms with van der Waals surface area (Å²) in [5, 5.41) is 7.62. The molecular formula is C45H59N5O9. The van der Waals surface area contributed by atoms with Gasteiger partial charge < -0.3 is 29.2 Å². The predicted octanol–water partition coefficient (Wildman–Crippen LogP) is 7.70. The average Bonchev–Trinajstić information content (AvgIpc) is 3.48. The summed E-state index contributed by atoms with van der Waals surface area (Å²) >= 11 is 0. The van der Waals surface area contributed by atoms with Crippen LogP contribution in [0.1, 0.15) is 97.3 Å². The zero-order chi connectivity index (χ0) is 43.3. The molecule has 14 heteroatoms. The maximum atomic E-state index is 14.3. The summed E-state index contributed by atoms with van der Waals surface area (Å²) in [5.74, 6) is -1.52. The van der Waals surface area contributed by atoms with Gasteiger partial charge in [-0.1, -0.05) is 92.7 Å². The number of hydrogen-bond acceptors (Lipinski definition) is 10. The van der Waals surface area contributed by atoms with E-state index in [0.29, 0.717) is 6.42 Å². The summed E-state index contributed by atoms with van der Waals surface area (Å²) in [7, 11) is 1.51. The molecule has 4 amide bonds. The van der Waals surface area contributed by atoms with Crippen LogP contribution in [0.15, 0.2) is 83.9 Å². The Morgan fingerprint density at radius 1 is 0.729 bits per heavy atom. The van der Waals surface area contributed by atoms with Crippen molar-refractivity contribution in [2.75, 3.05) is 20.2 Å². The summed E-state index contributed by atoms with van der Waals surface area (Å²) in [6.45, 7) is 14.1. The van der Waals surface area contributed by atoms with Crippen molar-refractivity contribution < 1.29 is 42.9 Å². The highest BCUT2D eigenvalue weighted by Crippen LogP contribution is 2.44. The van der Waals surface area contributed by atoms with Crippen molar-refractivity contribution in [3.8, 4) is 11.1 Å². The molecule has 0 saturated carbocycles. The first-order valence-electron chi connectivity index (χ1n) is 19.9. The van der Waals surface area contributed by atoms with Crippen molar-refractivity contribution in [1.29, 1.82) is 0 Å². The lowest BCUT2D eigenvalue weighted by molar-refractivity contribution is -0.156. The van der Waals surface area contributed by atoms with Gasteiger partial charge in [-0.25, -0.2) is 19.2 Å². The maximum Gasteiger partial charge on any atom is 0.414 e. The predicted molar refractivity (Wildman–Crippen MR) is 225 cm³/mol. The molecule has 1 aliphatic carbocycles.